The van der Waals surface area contributed by atoms with Crippen LogP contribution in [0, 0.1) is 5.92 Å². The van der Waals surface area contributed by atoms with Gasteiger partial charge in [0.05, 0.1) is 19.6 Å². The average Bonchev–Trinajstić information content (AvgIpc) is 3.11. The van der Waals surface area contributed by atoms with Crippen LogP contribution >= 0.6 is 0 Å². The summed E-state index contributed by atoms with van der Waals surface area (Å²) in [6.45, 7) is 5.78. The highest BCUT2D eigenvalue weighted by molar-refractivity contribution is 6.01. The zero-order valence-corrected chi connectivity index (χ0v) is 18.8. The average molecular weight is 440 g/mol. The number of ether oxygens (including phenoxy) is 1. The van der Waals surface area contributed by atoms with Gasteiger partial charge in [0.25, 0.3) is 0 Å². The third-order valence-corrected chi connectivity index (χ3v) is 6.27. The SMILES string of the molecule is CCCCOc1nc(N)c2c(n1)N(Cc1ccc(N3CCC(CCN)CC3)nc1)C(=O)C2. The van der Waals surface area contributed by atoms with Gasteiger partial charge >= 0.3 is 6.01 Å². The molecule has 1 amide bonds. The molecule has 2 aliphatic heterocycles. The summed E-state index contributed by atoms with van der Waals surface area (Å²) in [6.07, 6.45) is 7.39. The first-order valence-electron chi connectivity index (χ1n) is 11.6. The van der Waals surface area contributed by atoms with Crippen molar-refractivity contribution in [3.05, 3.63) is 29.5 Å². The molecule has 0 aliphatic carbocycles. The Hall–Kier alpha value is -2.94. The molecular weight excluding hydrogens is 406 g/mol. The summed E-state index contributed by atoms with van der Waals surface area (Å²) in [5, 5.41) is 0. The molecule has 2 aromatic rings. The van der Waals surface area contributed by atoms with Gasteiger partial charge < -0.3 is 21.1 Å². The van der Waals surface area contributed by atoms with Crippen molar-refractivity contribution in [2.45, 2.75) is 52.0 Å². The minimum absolute atomic E-state index is 0.0437. The number of piperidine rings is 1. The van der Waals surface area contributed by atoms with Crippen molar-refractivity contribution in [1.82, 2.24) is 15.0 Å². The van der Waals surface area contributed by atoms with Gasteiger partial charge in [0, 0.05) is 24.8 Å². The molecule has 2 aromatic heterocycles. The largest absolute Gasteiger partial charge is 0.463 e. The van der Waals surface area contributed by atoms with Crippen LogP contribution in [0.2, 0.25) is 0 Å². The Morgan fingerprint density at radius 1 is 1.22 bits per heavy atom. The molecule has 0 atom stereocenters. The van der Waals surface area contributed by atoms with E-state index in [4.69, 9.17) is 16.2 Å². The standard InChI is InChI=1S/C23H33N7O2/c1-2-3-12-32-23-27-21(25)18-13-20(31)30(22(18)28-23)15-17-4-5-19(26-14-17)29-10-7-16(6-9-24)8-11-29/h4-5,14,16H,2-3,6-13,15,24H2,1H3,(H2,25,27,28). The summed E-state index contributed by atoms with van der Waals surface area (Å²) in [5.41, 5.74) is 13.4. The first kappa shape index (κ1) is 22.3. The fraction of sp³-hybridized carbons (Fsp3) is 0.565. The molecule has 0 radical (unpaired) electrons. The summed E-state index contributed by atoms with van der Waals surface area (Å²) >= 11 is 0. The van der Waals surface area contributed by atoms with E-state index < -0.39 is 0 Å². The maximum absolute atomic E-state index is 12.7. The predicted molar refractivity (Wildman–Crippen MR) is 125 cm³/mol. The lowest BCUT2D eigenvalue weighted by atomic mass is 9.94. The minimum Gasteiger partial charge on any atom is -0.463 e. The number of amides is 1. The van der Waals surface area contributed by atoms with Gasteiger partial charge in [-0.15, -0.1) is 0 Å². The molecule has 0 unspecified atom stereocenters. The molecule has 172 valence electrons. The molecule has 0 spiro atoms. The highest BCUT2D eigenvalue weighted by atomic mass is 16.5. The molecule has 4 heterocycles. The molecule has 9 heteroatoms. The molecule has 32 heavy (non-hydrogen) atoms. The second-order valence-electron chi connectivity index (χ2n) is 8.58. The van der Waals surface area contributed by atoms with Gasteiger partial charge in [0.1, 0.15) is 17.5 Å². The van der Waals surface area contributed by atoms with Gasteiger partial charge in [-0.05, 0) is 49.8 Å². The highest BCUT2D eigenvalue weighted by Crippen LogP contribution is 2.33. The molecule has 9 nitrogen and oxygen atoms in total. The number of nitrogen functional groups attached to an aromatic ring is 1. The third-order valence-electron chi connectivity index (χ3n) is 6.27. The van der Waals surface area contributed by atoms with Gasteiger partial charge in [-0.3, -0.25) is 9.69 Å². The fourth-order valence-electron chi connectivity index (χ4n) is 4.33. The number of nitrogens with two attached hydrogens (primary N) is 2. The number of rotatable bonds is 9. The Morgan fingerprint density at radius 2 is 2.03 bits per heavy atom. The maximum Gasteiger partial charge on any atom is 0.320 e. The maximum atomic E-state index is 12.7. The quantitative estimate of drug-likeness (QED) is 0.571. The molecule has 0 aromatic carbocycles. The van der Waals surface area contributed by atoms with E-state index in [0.29, 0.717) is 30.4 Å². The van der Waals surface area contributed by atoms with Crippen molar-refractivity contribution in [3.63, 3.8) is 0 Å². The first-order valence-corrected chi connectivity index (χ1v) is 11.6. The Labute approximate surface area is 189 Å². The molecule has 0 saturated carbocycles. The summed E-state index contributed by atoms with van der Waals surface area (Å²) in [7, 11) is 0. The Kier molecular flexibility index (Phi) is 7.04. The van der Waals surface area contributed by atoms with Crippen LogP contribution in [0.3, 0.4) is 0 Å². The van der Waals surface area contributed by atoms with Gasteiger partial charge in [-0.2, -0.15) is 9.97 Å². The molecule has 4 rings (SSSR count). The second kappa shape index (κ2) is 10.1. The number of carbonyl (C=O) groups is 1. The van der Waals surface area contributed by atoms with Crippen LogP contribution in [0.4, 0.5) is 17.5 Å². The van der Waals surface area contributed by atoms with Crippen LogP contribution in [0.5, 0.6) is 6.01 Å². The zero-order valence-electron chi connectivity index (χ0n) is 18.8. The van der Waals surface area contributed by atoms with Crippen molar-refractivity contribution in [1.29, 1.82) is 0 Å². The van der Waals surface area contributed by atoms with Crippen molar-refractivity contribution >= 4 is 23.4 Å². The van der Waals surface area contributed by atoms with Crippen LogP contribution in [0.1, 0.15) is 50.2 Å². The number of hydrogen-bond donors (Lipinski definition) is 2. The van der Waals surface area contributed by atoms with Gasteiger partial charge in [0.2, 0.25) is 5.91 Å². The van der Waals surface area contributed by atoms with E-state index in [0.717, 1.165) is 69.0 Å². The second-order valence-corrected chi connectivity index (χ2v) is 8.58. The van der Waals surface area contributed by atoms with Crippen LogP contribution < -0.4 is 26.0 Å². The fourth-order valence-corrected chi connectivity index (χ4v) is 4.33. The van der Waals surface area contributed by atoms with Crippen molar-refractivity contribution < 1.29 is 9.53 Å². The topological polar surface area (TPSA) is 123 Å². The van der Waals surface area contributed by atoms with Crippen LogP contribution in [0.15, 0.2) is 18.3 Å². The lowest BCUT2D eigenvalue weighted by Gasteiger charge is -2.32. The third kappa shape index (κ3) is 4.93. The van der Waals surface area contributed by atoms with Crippen LogP contribution in [-0.4, -0.2) is 47.1 Å². The monoisotopic (exact) mass is 439 g/mol. The number of hydrogen-bond acceptors (Lipinski definition) is 8. The number of aromatic nitrogens is 3. The van der Waals surface area contributed by atoms with E-state index in [9.17, 15) is 4.79 Å². The van der Waals surface area contributed by atoms with Gasteiger partial charge in [0.15, 0.2) is 0 Å². The van der Waals surface area contributed by atoms with E-state index >= 15 is 0 Å². The molecule has 1 saturated heterocycles. The summed E-state index contributed by atoms with van der Waals surface area (Å²) in [4.78, 5) is 30.0. The van der Waals surface area contributed by atoms with E-state index in [-0.39, 0.29) is 18.3 Å². The van der Waals surface area contributed by atoms with E-state index in [1.165, 1.54) is 0 Å². The van der Waals surface area contributed by atoms with Gasteiger partial charge in [-0.25, -0.2) is 4.98 Å². The Bertz CT molecular complexity index is 927. The smallest absolute Gasteiger partial charge is 0.320 e. The normalized spacial score (nSPS) is 16.5. The molecule has 1 fully saturated rings. The minimum atomic E-state index is -0.0437. The number of carbonyl (C=O) groups excluding carboxylic acids is 1. The number of fused-ring (bicyclic) bond motifs is 1. The summed E-state index contributed by atoms with van der Waals surface area (Å²) in [6, 6.07) is 4.29. The lowest BCUT2D eigenvalue weighted by molar-refractivity contribution is -0.117. The first-order chi connectivity index (χ1) is 15.6. The van der Waals surface area contributed by atoms with Crippen molar-refractivity contribution in [2.75, 3.05) is 41.8 Å². The van der Waals surface area contributed by atoms with Crippen molar-refractivity contribution in [2.24, 2.45) is 11.7 Å². The Balaban J connectivity index is 1.43. The molecular formula is C23H33N7O2. The number of unbranched alkanes of at least 4 members (excludes halogenated alkanes) is 1. The van der Waals surface area contributed by atoms with Gasteiger partial charge in [-0.1, -0.05) is 19.4 Å². The number of nitrogens with zero attached hydrogens (tertiary/aromatic N) is 5. The van der Waals surface area contributed by atoms with E-state index in [2.05, 4.69) is 26.8 Å². The number of pyridine rings is 1. The zero-order chi connectivity index (χ0) is 22.5. The summed E-state index contributed by atoms with van der Waals surface area (Å²) < 4.78 is 5.63. The molecule has 0 bridgehead atoms. The van der Waals surface area contributed by atoms with Crippen LogP contribution in [0.25, 0.3) is 0 Å². The molecule has 2 aliphatic rings. The Morgan fingerprint density at radius 3 is 2.72 bits per heavy atom. The molecule has 4 N–H and O–H groups in total. The van der Waals surface area contributed by atoms with Crippen molar-refractivity contribution in [3.8, 4) is 6.01 Å². The summed E-state index contributed by atoms with van der Waals surface area (Å²) in [5.74, 6) is 2.51. The number of anilines is 3. The lowest BCUT2D eigenvalue weighted by Crippen LogP contribution is -2.34. The predicted octanol–water partition coefficient (Wildman–Crippen LogP) is 2.29. The highest BCUT2D eigenvalue weighted by Gasteiger charge is 2.32. The van der Waals surface area contributed by atoms with E-state index in [1.54, 1.807) is 4.90 Å². The van der Waals surface area contributed by atoms with E-state index in [1.807, 2.05) is 18.3 Å². The van der Waals surface area contributed by atoms with Crippen LogP contribution in [-0.2, 0) is 17.8 Å².